The van der Waals surface area contributed by atoms with Crippen molar-refractivity contribution in [3.63, 3.8) is 0 Å². The summed E-state index contributed by atoms with van der Waals surface area (Å²) in [5, 5.41) is 0. The van der Waals surface area contributed by atoms with Crippen molar-refractivity contribution in [1.82, 2.24) is 4.98 Å². The highest BCUT2D eigenvalue weighted by molar-refractivity contribution is 5.21. The van der Waals surface area contributed by atoms with Gasteiger partial charge in [-0.1, -0.05) is 27.7 Å². The van der Waals surface area contributed by atoms with E-state index >= 15 is 0 Å². The lowest BCUT2D eigenvalue weighted by Gasteiger charge is -2.11. The second-order valence-electron chi connectivity index (χ2n) is 3.98. The molecule has 13 heavy (non-hydrogen) atoms. The predicted molar refractivity (Wildman–Crippen MR) is 57.0 cm³/mol. The third kappa shape index (κ3) is 2.55. The number of rotatable bonds is 3. The molecule has 0 radical (unpaired) electrons. The molecule has 0 saturated heterocycles. The quantitative estimate of drug-likeness (QED) is 0.685. The fourth-order valence-corrected chi connectivity index (χ4v) is 1.32. The van der Waals surface area contributed by atoms with Crippen LogP contribution < -0.4 is 0 Å². The van der Waals surface area contributed by atoms with Crippen LogP contribution >= 0.6 is 0 Å². The molecule has 0 amide bonds. The molecular weight excluding hydrogens is 158 g/mol. The van der Waals surface area contributed by atoms with E-state index in [2.05, 4.69) is 44.8 Å². The molecule has 0 saturated carbocycles. The largest absolute Gasteiger partial charge is 0.261 e. The van der Waals surface area contributed by atoms with E-state index in [-0.39, 0.29) is 0 Å². The van der Waals surface area contributed by atoms with E-state index in [0.29, 0.717) is 11.8 Å². The zero-order valence-electron chi connectivity index (χ0n) is 9.04. The molecule has 1 aromatic rings. The third-order valence-electron chi connectivity index (χ3n) is 2.58. The van der Waals surface area contributed by atoms with E-state index in [0.717, 1.165) is 0 Å². The van der Waals surface area contributed by atoms with Gasteiger partial charge in [-0.3, -0.25) is 4.98 Å². The van der Waals surface area contributed by atoms with Crippen molar-refractivity contribution in [3.05, 3.63) is 29.6 Å². The molecule has 1 nitrogen and oxygen atoms in total. The van der Waals surface area contributed by atoms with Crippen molar-refractivity contribution in [2.45, 2.75) is 46.0 Å². The van der Waals surface area contributed by atoms with Crippen LogP contribution in [-0.2, 0) is 0 Å². The minimum atomic E-state index is 0.531. The topological polar surface area (TPSA) is 12.9 Å². The maximum atomic E-state index is 4.36. The van der Waals surface area contributed by atoms with Crippen LogP contribution in [0.5, 0.6) is 0 Å². The minimum Gasteiger partial charge on any atom is -0.261 e. The zero-order valence-corrected chi connectivity index (χ0v) is 9.04. The molecule has 1 aromatic heterocycles. The number of pyridine rings is 1. The van der Waals surface area contributed by atoms with E-state index in [1.54, 1.807) is 0 Å². The Morgan fingerprint density at radius 2 is 2.00 bits per heavy atom. The molecule has 72 valence electrons. The van der Waals surface area contributed by atoms with E-state index in [9.17, 15) is 0 Å². The summed E-state index contributed by atoms with van der Waals surface area (Å²) in [5.41, 5.74) is 2.62. The fourth-order valence-electron chi connectivity index (χ4n) is 1.32. The van der Waals surface area contributed by atoms with Gasteiger partial charge < -0.3 is 0 Å². The molecule has 1 unspecified atom stereocenters. The highest BCUT2D eigenvalue weighted by atomic mass is 14.7. The van der Waals surface area contributed by atoms with Gasteiger partial charge in [0.25, 0.3) is 0 Å². The van der Waals surface area contributed by atoms with Gasteiger partial charge in [-0.15, -0.1) is 0 Å². The van der Waals surface area contributed by atoms with E-state index in [1.807, 2.05) is 6.20 Å². The van der Waals surface area contributed by atoms with Gasteiger partial charge in [-0.2, -0.15) is 0 Å². The molecule has 1 heterocycles. The van der Waals surface area contributed by atoms with Gasteiger partial charge in [0.05, 0.1) is 0 Å². The number of hydrogen-bond acceptors (Lipinski definition) is 1. The Morgan fingerprint density at radius 1 is 1.31 bits per heavy atom. The van der Waals surface area contributed by atoms with Crippen LogP contribution in [0.2, 0.25) is 0 Å². The summed E-state index contributed by atoms with van der Waals surface area (Å²) < 4.78 is 0. The lowest BCUT2D eigenvalue weighted by atomic mass is 9.97. The number of aromatic nitrogens is 1. The predicted octanol–water partition coefficient (Wildman–Crippen LogP) is 3.72. The van der Waals surface area contributed by atoms with Crippen molar-refractivity contribution in [3.8, 4) is 0 Å². The van der Waals surface area contributed by atoms with E-state index < -0.39 is 0 Å². The van der Waals surface area contributed by atoms with E-state index in [1.165, 1.54) is 17.7 Å². The monoisotopic (exact) mass is 177 g/mol. The maximum absolute atomic E-state index is 4.36. The summed E-state index contributed by atoms with van der Waals surface area (Å²) in [7, 11) is 0. The lowest BCUT2D eigenvalue weighted by molar-refractivity contribution is 0.723. The molecule has 0 spiro atoms. The molecule has 0 fully saturated rings. The van der Waals surface area contributed by atoms with Crippen molar-refractivity contribution >= 4 is 0 Å². The Bertz CT molecular complexity index is 266. The smallest absolute Gasteiger partial charge is 0.0431 e. The van der Waals surface area contributed by atoms with Crippen LogP contribution in [0.1, 0.15) is 57.2 Å². The summed E-state index contributed by atoms with van der Waals surface area (Å²) in [6.07, 6.45) is 3.12. The van der Waals surface area contributed by atoms with Crippen LogP contribution in [0, 0.1) is 0 Å². The Balaban J connectivity index is 2.91. The SMILES string of the molecule is CCC(C)c1ccnc(C(C)C)c1. The van der Waals surface area contributed by atoms with Crippen LogP contribution in [0.15, 0.2) is 18.3 Å². The Labute approximate surface area is 81.2 Å². The van der Waals surface area contributed by atoms with Crippen molar-refractivity contribution < 1.29 is 0 Å². The molecule has 0 bridgehead atoms. The average Bonchev–Trinajstić information content (AvgIpc) is 2.17. The first-order valence-corrected chi connectivity index (χ1v) is 5.11. The summed E-state index contributed by atoms with van der Waals surface area (Å²) in [5.74, 6) is 1.18. The Hall–Kier alpha value is -0.850. The number of hydrogen-bond donors (Lipinski definition) is 0. The first kappa shape index (κ1) is 10.2. The van der Waals surface area contributed by atoms with Crippen LogP contribution in [0.4, 0.5) is 0 Å². The van der Waals surface area contributed by atoms with Gasteiger partial charge in [-0.25, -0.2) is 0 Å². The van der Waals surface area contributed by atoms with Gasteiger partial charge in [0.2, 0.25) is 0 Å². The van der Waals surface area contributed by atoms with Gasteiger partial charge in [0, 0.05) is 11.9 Å². The standard InChI is InChI=1S/C12H19N/c1-5-10(4)11-6-7-13-12(8-11)9(2)3/h6-10H,5H2,1-4H3. The highest BCUT2D eigenvalue weighted by Crippen LogP contribution is 2.21. The Morgan fingerprint density at radius 3 is 2.54 bits per heavy atom. The third-order valence-corrected chi connectivity index (χ3v) is 2.58. The summed E-state index contributed by atoms with van der Waals surface area (Å²) in [4.78, 5) is 4.36. The zero-order chi connectivity index (χ0) is 9.84. The molecular formula is C12H19N. The molecule has 1 heteroatoms. The van der Waals surface area contributed by atoms with Crippen LogP contribution in [0.25, 0.3) is 0 Å². The van der Waals surface area contributed by atoms with Crippen molar-refractivity contribution in [2.24, 2.45) is 0 Å². The van der Waals surface area contributed by atoms with Crippen LogP contribution in [-0.4, -0.2) is 4.98 Å². The second kappa shape index (κ2) is 4.40. The highest BCUT2D eigenvalue weighted by Gasteiger charge is 2.05. The molecule has 0 N–H and O–H groups in total. The Kier molecular flexibility index (Phi) is 3.47. The van der Waals surface area contributed by atoms with Crippen LogP contribution in [0.3, 0.4) is 0 Å². The molecule has 1 atom stereocenters. The maximum Gasteiger partial charge on any atom is 0.0431 e. The lowest BCUT2D eigenvalue weighted by Crippen LogP contribution is -1.97. The molecule has 0 aliphatic heterocycles. The average molecular weight is 177 g/mol. The first-order valence-electron chi connectivity index (χ1n) is 5.11. The molecule has 0 aliphatic rings. The molecule has 1 rings (SSSR count). The minimum absolute atomic E-state index is 0.531. The van der Waals surface area contributed by atoms with Crippen molar-refractivity contribution in [2.75, 3.05) is 0 Å². The normalized spacial score (nSPS) is 13.3. The van der Waals surface area contributed by atoms with Crippen molar-refractivity contribution in [1.29, 1.82) is 0 Å². The van der Waals surface area contributed by atoms with Gasteiger partial charge in [-0.05, 0) is 36.0 Å². The van der Waals surface area contributed by atoms with E-state index in [4.69, 9.17) is 0 Å². The molecule has 0 aliphatic carbocycles. The van der Waals surface area contributed by atoms with Gasteiger partial charge in [0.1, 0.15) is 0 Å². The van der Waals surface area contributed by atoms with Gasteiger partial charge in [0.15, 0.2) is 0 Å². The second-order valence-corrected chi connectivity index (χ2v) is 3.98. The summed E-state index contributed by atoms with van der Waals surface area (Å²) in [6, 6.07) is 4.36. The number of nitrogens with zero attached hydrogens (tertiary/aromatic N) is 1. The van der Waals surface area contributed by atoms with Gasteiger partial charge >= 0.3 is 0 Å². The summed E-state index contributed by atoms with van der Waals surface area (Å²) >= 11 is 0. The summed E-state index contributed by atoms with van der Waals surface area (Å²) in [6.45, 7) is 8.85. The first-order chi connectivity index (χ1) is 6.15. The molecule has 0 aromatic carbocycles. The fraction of sp³-hybridized carbons (Fsp3) is 0.583.